The van der Waals surface area contributed by atoms with Gasteiger partial charge in [-0.15, -0.1) is 11.3 Å². The number of hydrogen-bond donors (Lipinski definition) is 0. The van der Waals surface area contributed by atoms with E-state index >= 15 is 0 Å². The van der Waals surface area contributed by atoms with Crippen molar-refractivity contribution in [1.82, 2.24) is 0 Å². The molecule has 0 aliphatic rings. The first-order chi connectivity index (χ1) is 25.8. The fraction of sp³-hybridized carbons (Fsp3) is 0. The molecule has 10 rings (SSSR count). The summed E-state index contributed by atoms with van der Waals surface area (Å²) in [7, 11) is 0. The Morgan fingerprint density at radius 3 is 1.62 bits per heavy atom. The van der Waals surface area contributed by atoms with E-state index in [0.717, 1.165) is 17.1 Å². The van der Waals surface area contributed by atoms with E-state index in [9.17, 15) is 0 Å². The molecule has 0 radical (unpaired) electrons. The van der Waals surface area contributed by atoms with Gasteiger partial charge in [-0.25, -0.2) is 0 Å². The van der Waals surface area contributed by atoms with Crippen LogP contribution in [0.15, 0.2) is 200 Å². The summed E-state index contributed by atoms with van der Waals surface area (Å²) in [5.74, 6) is 0. The number of thiophene rings is 1. The van der Waals surface area contributed by atoms with Crippen molar-refractivity contribution in [1.29, 1.82) is 0 Å². The maximum Gasteiger partial charge on any atom is 0.0546 e. The van der Waals surface area contributed by atoms with Crippen LogP contribution in [0.2, 0.25) is 0 Å². The summed E-state index contributed by atoms with van der Waals surface area (Å²) in [5, 5.41) is 7.61. The molecule has 0 saturated heterocycles. The van der Waals surface area contributed by atoms with Crippen molar-refractivity contribution < 1.29 is 0 Å². The van der Waals surface area contributed by atoms with Crippen molar-refractivity contribution in [2.24, 2.45) is 0 Å². The van der Waals surface area contributed by atoms with Crippen LogP contribution in [0.5, 0.6) is 0 Å². The molecular weight excluding hydrogens is 647 g/mol. The van der Waals surface area contributed by atoms with Gasteiger partial charge >= 0.3 is 0 Å². The van der Waals surface area contributed by atoms with Crippen LogP contribution in [0.3, 0.4) is 0 Å². The molecule has 244 valence electrons. The maximum atomic E-state index is 2.42. The van der Waals surface area contributed by atoms with Gasteiger partial charge in [0.15, 0.2) is 0 Å². The topological polar surface area (TPSA) is 3.24 Å². The lowest BCUT2D eigenvalue weighted by atomic mass is 9.97. The highest BCUT2D eigenvalue weighted by Crippen LogP contribution is 2.44. The first-order valence-corrected chi connectivity index (χ1v) is 18.6. The highest BCUT2D eigenvalue weighted by Gasteiger charge is 2.18. The van der Waals surface area contributed by atoms with Crippen LogP contribution >= 0.6 is 11.3 Å². The molecule has 9 aromatic carbocycles. The van der Waals surface area contributed by atoms with Crippen LogP contribution in [0.4, 0.5) is 17.1 Å². The van der Waals surface area contributed by atoms with Gasteiger partial charge in [0.2, 0.25) is 0 Å². The fourth-order valence-corrected chi connectivity index (χ4v) is 8.96. The van der Waals surface area contributed by atoms with Gasteiger partial charge in [0, 0.05) is 36.9 Å². The van der Waals surface area contributed by atoms with E-state index in [1.165, 1.54) is 75.1 Å². The first-order valence-electron chi connectivity index (χ1n) is 17.8. The normalized spacial score (nSPS) is 11.5. The van der Waals surface area contributed by atoms with Gasteiger partial charge in [0.05, 0.1) is 5.69 Å². The Morgan fingerprint density at radius 1 is 0.327 bits per heavy atom. The lowest BCUT2D eigenvalue weighted by Gasteiger charge is -2.28. The van der Waals surface area contributed by atoms with Crippen molar-refractivity contribution in [2.75, 3.05) is 4.90 Å². The Labute approximate surface area is 307 Å². The molecule has 0 fully saturated rings. The first kappa shape index (κ1) is 30.4. The van der Waals surface area contributed by atoms with Crippen molar-refractivity contribution in [3.63, 3.8) is 0 Å². The molecule has 0 aliphatic heterocycles. The molecule has 52 heavy (non-hydrogen) atoms. The molecule has 0 spiro atoms. The molecule has 0 amide bonds. The zero-order chi connectivity index (χ0) is 34.4. The molecule has 0 saturated carbocycles. The van der Waals surface area contributed by atoms with Gasteiger partial charge in [-0.2, -0.15) is 0 Å². The highest BCUT2D eigenvalue weighted by atomic mass is 32.1. The van der Waals surface area contributed by atoms with Crippen molar-refractivity contribution in [3.8, 4) is 33.4 Å². The maximum absolute atomic E-state index is 2.42. The lowest BCUT2D eigenvalue weighted by molar-refractivity contribution is 1.30. The van der Waals surface area contributed by atoms with Gasteiger partial charge in [-0.1, -0.05) is 158 Å². The van der Waals surface area contributed by atoms with E-state index in [0.29, 0.717) is 0 Å². The Morgan fingerprint density at radius 2 is 0.865 bits per heavy atom. The predicted octanol–water partition coefficient (Wildman–Crippen LogP) is 14.8. The number of rotatable bonds is 6. The van der Waals surface area contributed by atoms with E-state index in [4.69, 9.17) is 0 Å². The van der Waals surface area contributed by atoms with Crippen LogP contribution in [-0.4, -0.2) is 0 Å². The fourth-order valence-electron chi connectivity index (χ4n) is 7.72. The summed E-state index contributed by atoms with van der Waals surface area (Å²) < 4.78 is 2.66. The van der Waals surface area contributed by atoms with Gasteiger partial charge in [0.25, 0.3) is 0 Å². The van der Waals surface area contributed by atoms with Gasteiger partial charge in [-0.05, 0) is 92.0 Å². The highest BCUT2D eigenvalue weighted by molar-refractivity contribution is 7.26. The number of fused-ring (bicyclic) bond motifs is 6. The monoisotopic (exact) mass is 679 g/mol. The van der Waals surface area contributed by atoms with E-state index in [2.05, 4.69) is 205 Å². The molecular formula is C50H33NS. The molecule has 1 heterocycles. The molecule has 0 aliphatic carbocycles. The van der Waals surface area contributed by atoms with Crippen LogP contribution in [0.1, 0.15) is 0 Å². The quantitative estimate of drug-likeness (QED) is 0.158. The Balaban J connectivity index is 1.11. The molecule has 0 unspecified atom stereocenters. The Bertz CT molecular complexity index is 2890. The predicted molar refractivity (Wildman–Crippen MR) is 225 cm³/mol. The summed E-state index contributed by atoms with van der Waals surface area (Å²) in [6, 6.07) is 72.9. The van der Waals surface area contributed by atoms with Crippen molar-refractivity contribution in [2.45, 2.75) is 0 Å². The number of benzene rings is 9. The minimum Gasteiger partial charge on any atom is -0.310 e. The van der Waals surface area contributed by atoms with E-state index in [1.807, 2.05) is 11.3 Å². The molecule has 0 atom stereocenters. The second-order valence-corrected chi connectivity index (χ2v) is 14.4. The number of anilines is 3. The molecule has 1 aromatic heterocycles. The van der Waals surface area contributed by atoms with Crippen LogP contribution in [-0.2, 0) is 0 Å². The van der Waals surface area contributed by atoms with Crippen molar-refractivity contribution >= 4 is 70.1 Å². The van der Waals surface area contributed by atoms with E-state index in [1.54, 1.807) is 0 Å². The number of hydrogen-bond acceptors (Lipinski definition) is 2. The largest absolute Gasteiger partial charge is 0.310 e. The molecule has 2 heteroatoms. The standard InChI is InChI=1S/C50H33NS/c1-2-12-34(13-3-1)37-15-10-16-38(32-37)35-24-28-40(29-25-35)51(48-33-39-14-4-5-17-42(39)44-18-6-7-19-45(44)48)41-30-26-36(27-31-41)43-21-11-22-47-46-20-8-9-23-49(46)52-50(43)47/h1-33H. The summed E-state index contributed by atoms with van der Waals surface area (Å²) >= 11 is 1.88. The zero-order valence-corrected chi connectivity index (χ0v) is 29.2. The molecule has 1 nitrogen and oxygen atoms in total. The second-order valence-electron chi connectivity index (χ2n) is 13.3. The second kappa shape index (κ2) is 12.7. The molecule has 0 bridgehead atoms. The Kier molecular flexibility index (Phi) is 7.41. The minimum absolute atomic E-state index is 1.11. The summed E-state index contributed by atoms with van der Waals surface area (Å²) in [4.78, 5) is 2.42. The van der Waals surface area contributed by atoms with E-state index < -0.39 is 0 Å². The molecule has 0 N–H and O–H groups in total. The van der Waals surface area contributed by atoms with Gasteiger partial charge in [-0.3, -0.25) is 0 Å². The average Bonchev–Trinajstić information content (AvgIpc) is 3.61. The Hall–Kier alpha value is -6.48. The third kappa shape index (κ3) is 5.24. The zero-order valence-electron chi connectivity index (χ0n) is 28.4. The summed E-state index contributed by atoms with van der Waals surface area (Å²) in [6.45, 7) is 0. The lowest BCUT2D eigenvalue weighted by Crippen LogP contribution is -2.10. The van der Waals surface area contributed by atoms with E-state index in [-0.39, 0.29) is 0 Å². The third-order valence-corrected chi connectivity index (χ3v) is 11.5. The third-order valence-electron chi connectivity index (χ3n) is 10.3. The average molecular weight is 680 g/mol. The molecule has 10 aromatic rings. The van der Waals surface area contributed by atoms with Crippen LogP contribution in [0, 0.1) is 0 Å². The minimum atomic E-state index is 1.11. The van der Waals surface area contributed by atoms with Crippen LogP contribution in [0.25, 0.3) is 75.1 Å². The SMILES string of the molecule is c1ccc(-c2cccc(-c3ccc(N(c4ccc(-c5cccc6c5sc5ccccc56)cc4)c4cc5ccccc5c5ccccc45)cc3)c2)cc1. The smallest absolute Gasteiger partial charge is 0.0546 e. The number of nitrogens with zero attached hydrogens (tertiary/aromatic N) is 1. The van der Waals surface area contributed by atoms with Crippen LogP contribution < -0.4 is 4.90 Å². The summed E-state index contributed by atoms with van der Waals surface area (Å²) in [6.07, 6.45) is 0. The van der Waals surface area contributed by atoms with Gasteiger partial charge in [0.1, 0.15) is 0 Å². The van der Waals surface area contributed by atoms with Crippen molar-refractivity contribution in [3.05, 3.63) is 200 Å². The summed E-state index contributed by atoms with van der Waals surface area (Å²) in [5.41, 5.74) is 10.7. The van der Waals surface area contributed by atoms with Gasteiger partial charge < -0.3 is 4.90 Å².